The van der Waals surface area contributed by atoms with E-state index in [-0.39, 0.29) is 19.7 Å². The predicted octanol–water partition coefficient (Wildman–Crippen LogP) is 0.716. The second-order valence-corrected chi connectivity index (χ2v) is 3.94. The lowest BCUT2D eigenvalue weighted by atomic mass is 9.95. The Morgan fingerprint density at radius 2 is 2.50 bits per heavy atom. The van der Waals surface area contributed by atoms with Crippen LogP contribution in [0.2, 0.25) is 0 Å². The molecule has 0 aliphatic carbocycles. The van der Waals surface area contributed by atoms with Gasteiger partial charge in [0.1, 0.15) is 12.5 Å². The zero-order chi connectivity index (χ0) is 13.1. The zero-order valence-electron chi connectivity index (χ0n) is 9.63. The highest BCUT2D eigenvalue weighted by molar-refractivity contribution is 5.79. The Morgan fingerprint density at radius 1 is 1.72 bits per heavy atom. The number of amides is 1. The summed E-state index contributed by atoms with van der Waals surface area (Å²) in [6.07, 6.45) is 2.39. The van der Waals surface area contributed by atoms with Gasteiger partial charge in [-0.1, -0.05) is 12.7 Å². The summed E-state index contributed by atoms with van der Waals surface area (Å²) in [5.41, 5.74) is 1.25. The molecule has 0 bridgehead atoms. The first kappa shape index (κ1) is 12.2. The van der Waals surface area contributed by atoms with Crippen LogP contribution in [0.5, 0.6) is 0 Å². The molecule has 2 N–H and O–H groups in total. The standard InChI is InChI=1S/C11H13N3O4/c1-2-3-18-11(17)14-5-8(10(15)16)7-4-12-13-9(7)6-14/h2,4,8H,1,3,5-6H2,(H,12,13)(H,15,16). The van der Waals surface area contributed by atoms with Gasteiger partial charge in [0.05, 0.1) is 18.4 Å². The van der Waals surface area contributed by atoms with Crippen LogP contribution in [-0.4, -0.2) is 45.4 Å². The Bertz CT molecular complexity index is 482. The maximum absolute atomic E-state index is 11.7. The maximum Gasteiger partial charge on any atom is 0.410 e. The van der Waals surface area contributed by atoms with Gasteiger partial charge in [0.2, 0.25) is 0 Å². The lowest BCUT2D eigenvalue weighted by molar-refractivity contribution is -0.139. The lowest BCUT2D eigenvalue weighted by Crippen LogP contribution is -2.40. The molecule has 2 rings (SSSR count). The SMILES string of the molecule is C=CCOC(=O)N1Cc2[nH]ncc2C(C(=O)O)C1. The van der Waals surface area contributed by atoms with Crippen molar-refractivity contribution < 1.29 is 19.4 Å². The lowest BCUT2D eigenvalue weighted by Gasteiger charge is -2.29. The Labute approximate surface area is 103 Å². The Morgan fingerprint density at radius 3 is 3.17 bits per heavy atom. The highest BCUT2D eigenvalue weighted by atomic mass is 16.6. The van der Waals surface area contributed by atoms with Crippen LogP contribution in [0.1, 0.15) is 17.2 Å². The van der Waals surface area contributed by atoms with E-state index >= 15 is 0 Å². The number of H-pyrrole nitrogens is 1. The monoisotopic (exact) mass is 251 g/mol. The van der Waals surface area contributed by atoms with Crippen molar-refractivity contribution in [2.75, 3.05) is 13.2 Å². The molecule has 1 unspecified atom stereocenters. The number of rotatable bonds is 3. The van der Waals surface area contributed by atoms with E-state index in [2.05, 4.69) is 16.8 Å². The van der Waals surface area contributed by atoms with Crippen LogP contribution in [-0.2, 0) is 16.1 Å². The van der Waals surface area contributed by atoms with Gasteiger partial charge in [0.25, 0.3) is 0 Å². The Kier molecular flexibility index (Phi) is 3.31. The van der Waals surface area contributed by atoms with Gasteiger partial charge in [0.15, 0.2) is 0 Å². The summed E-state index contributed by atoms with van der Waals surface area (Å²) in [5, 5.41) is 15.7. The molecule has 1 atom stereocenters. The molecule has 1 amide bonds. The van der Waals surface area contributed by atoms with Crippen LogP contribution in [0.15, 0.2) is 18.9 Å². The third-order valence-corrected chi connectivity index (χ3v) is 2.76. The number of carbonyl (C=O) groups is 2. The van der Waals surface area contributed by atoms with Gasteiger partial charge in [-0.15, -0.1) is 0 Å². The summed E-state index contributed by atoms with van der Waals surface area (Å²) in [5.74, 6) is -1.76. The number of nitrogens with zero attached hydrogens (tertiary/aromatic N) is 2. The van der Waals surface area contributed by atoms with Crippen molar-refractivity contribution in [1.82, 2.24) is 15.1 Å². The van der Waals surface area contributed by atoms with Crippen LogP contribution in [0.25, 0.3) is 0 Å². The summed E-state index contributed by atoms with van der Waals surface area (Å²) < 4.78 is 4.89. The minimum absolute atomic E-state index is 0.0812. The van der Waals surface area contributed by atoms with Crippen molar-refractivity contribution >= 4 is 12.1 Å². The number of fused-ring (bicyclic) bond motifs is 1. The number of aromatic nitrogens is 2. The number of carboxylic acid groups (broad SMARTS) is 1. The average Bonchev–Trinajstić information content (AvgIpc) is 2.82. The summed E-state index contributed by atoms with van der Waals surface area (Å²) in [6.45, 7) is 3.90. The normalized spacial score (nSPS) is 18.0. The molecule has 1 aliphatic heterocycles. The van der Waals surface area contributed by atoms with Gasteiger partial charge in [-0.25, -0.2) is 4.79 Å². The number of aliphatic carboxylic acids is 1. The molecule has 0 saturated heterocycles. The fraction of sp³-hybridized carbons (Fsp3) is 0.364. The van der Waals surface area contributed by atoms with Gasteiger partial charge in [-0.05, 0) is 0 Å². The van der Waals surface area contributed by atoms with E-state index < -0.39 is 18.0 Å². The molecule has 18 heavy (non-hydrogen) atoms. The molecule has 0 saturated carbocycles. The zero-order valence-corrected chi connectivity index (χ0v) is 9.63. The van der Waals surface area contributed by atoms with Crippen molar-refractivity contribution in [3.63, 3.8) is 0 Å². The molecule has 96 valence electrons. The summed E-state index contributed by atoms with van der Waals surface area (Å²) in [6, 6.07) is 0. The van der Waals surface area contributed by atoms with Crippen molar-refractivity contribution in [2.45, 2.75) is 12.5 Å². The van der Waals surface area contributed by atoms with E-state index in [1.165, 1.54) is 17.2 Å². The van der Waals surface area contributed by atoms with Gasteiger partial charge < -0.3 is 14.7 Å². The molecular weight excluding hydrogens is 238 g/mol. The van der Waals surface area contributed by atoms with Gasteiger partial charge in [-0.3, -0.25) is 9.89 Å². The first-order chi connectivity index (χ1) is 8.63. The third-order valence-electron chi connectivity index (χ3n) is 2.76. The van der Waals surface area contributed by atoms with Gasteiger partial charge >= 0.3 is 12.1 Å². The van der Waals surface area contributed by atoms with Crippen molar-refractivity contribution in [1.29, 1.82) is 0 Å². The molecular formula is C11H13N3O4. The van der Waals surface area contributed by atoms with Crippen LogP contribution in [0.4, 0.5) is 4.79 Å². The molecule has 1 aliphatic rings. The first-order valence-electron chi connectivity index (χ1n) is 5.41. The van der Waals surface area contributed by atoms with E-state index in [1.807, 2.05) is 0 Å². The topological polar surface area (TPSA) is 95.5 Å². The van der Waals surface area contributed by atoms with E-state index in [0.29, 0.717) is 11.3 Å². The summed E-state index contributed by atoms with van der Waals surface area (Å²) >= 11 is 0. The molecule has 0 spiro atoms. The number of carbonyl (C=O) groups excluding carboxylic acids is 1. The van der Waals surface area contributed by atoms with E-state index in [0.717, 1.165) is 0 Å². The van der Waals surface area contributed by atoms with Crippen molar-refractivity contribution in [2.24, 2.45) is 0 Å². The van der Waals surface area contributed by atoms with E-state index in [9.17, 15) is 9.59 Å². The van der Waals surface area contributed by atoms with Crippen molar-refractivity contribution in [3.8, 4) is 0 Å². The second-order valence-electron chi connectivity index (χ2n) is 3.94. The summed E-state index contributed by atoms with van der Waals surface area (Å²) in [7, 11) is 0. The minimum Gasteiger partial charge on any atom is -0.481 e. The molecule has 2 heterocycles. The maximum atomic E-state index is 11.7. The van der Waals surface area contributed by atoms with Gasteiger partial charge in [-0.2, -0.15) is 5.10 Å². The molecule has 7 heteroatoms. The Balaban J connectivity index is 2.16. The van der Waals surface area contributed by atoms with E-state index in [4.69, 9.17) is 9.84 Å². The smallest absolute Gasteiger partial charge is 0.410 e. The molecule has 1 aromatic rings. The molecule has 1 aromatic heterocycles. The van der Waals surface area contributed by atoms with Crippen LogP contribution >= 0.6 is 0 Å². The second kappa shape index (κ2) is 4.91. The fourth-order valence-corrected chi connectivity index (χ4v) is 1.89. The number of aromatic amines is 1. The highest BCUT2D eigenvalue weighted by Gasteiger charge is 2.34. The largest absolute Gasteiger partial charge is 0.481 e. The van der Waals surface area contributed by atoms with Crippen LogP contribution in [0, 0.1) is 0 Å². The van der Waals surface area contributed by atoms with E-state index in [1.54, 1.807) is 0 Å². The molecule has 7 nitrogen and oxygen atoms in total. The average molecular weight is 251 g/mol. The summed E-state index contributed by atoms with van der Waals surface area (Å²) in [4.78, 5) is 24.2. The predicted molar refractivity (Wildman–Crippen MR) is 60.9 cm³/mol. The Hall–Kier alpha value is -2.31. The number of hydrogen-bond acceptors (Lipinski definition) is 4. The molecule has 0 radical (unpaired) electrons. The number of hydrogen-bond donors (Lipinski definition) is 2. The molecule has 0 fully saturated rings. The van der Waals surface area contributed by atoms with Crippen molar-refractivity contribution in [3.05, 3.63) is 30.1 Å². The number of ether oxygens (including phenoxy) is 1. The van der Waals surface area contributed by atoms with Crippen LogP contribution in [0.3, 0.4) is 0 Å². The number of nitrogens with one attached hydrogen (secondary N) is 1. The third kappa shape index (κ3) is 2.20. The minimum atomic E-state index is -0.987. The van der Waals surface area contributed by atoms with Gasteiger partial charge in [0, 0.05) is 12.1 Å². The molecule has 0 aromatic carbocycles. The van der Waals surface area contributed by atoms with Crippen LogP contribution < -0.4 is 0 Å². The first-order valence-corrected chi connectivity index (χ1v) is 5.41. The highest BCUT2D eigenvalue weighted by Crippen LogP contribution is 2.27. The fourth-order valence-electron chi connectivity index (χ4n) is 1.89. The number of carboxylic acids is 1. The quantitative estimate of drug-likeness (QED) is 0.771.